The van der Waals surface area contributed by atoms with Gasteiger partial charge in [0.15, 0.2) is 0 Å². The Balaban J connectivity index is 2.71. The van der Waals surface area contributed by atoms with E-state index >= 15 is 0 Å². The number of nitrogens with two attached hydrogens (primary N) is 1. The van der Waals surface area contributed by atoms with E-state index in [2.05, 4.69) is 0 Å². The van der Waals surface area contributed by atoms with E-state index in [0.717, 1.165) is 0 Å². The molecule has 1 heterocycles. The van der Waals surface area contributed by atoms with Gasteiger partial charge in [0.05, 0.1) is 12.2 Å². The van der Waals surface area contributed by atoms with Gasteiger partial charge < -0.3 is 4.74 Å². The van der Waals surface area contributed by atoms with Crippen LogP contribution in [0.15, 0.2) is 0 Å². The maximum Gasteiger partial charge on any atom is 0.277 e. The Hall–Kier alpha value is -0.170. The van der Waals surface area contributed by atoms with Crippen molar-refractivity contribution in [3.8, 4) is 0 Å². The number of hydrogen-bond donors (Lipinski definition) is 1. The minimum atomic E-state index is -3.54. The molecule has 0 atom stereocenters. The lowest BCUT2D eigenvalue weighted by Gasteiger charge is -2.36. The minimum Gasteiger partial charge on any atom is -0.373 e. The summed E-state index contributed by atoms with van der Waals surface area (Å²) in [6.07, 6.45) is 0. The second-order valence-corrected chi connectivity index (χ2v) is 5.03. The lowest BCUT2D eigenvalue weighted by molar-refractivity contribution is -0.0640. The number of rotatable bonds is 1. The summed E-state index contributed by atoms with van der Waals surface area (Å²) in [7, 11) is -3.54. The molecule has 1 aliphatic rings. The molecule has 2 N–H and O–H groups in total. The third-order valence-corrected chi connectivity index (χ3v) is 2.78. The van der Waals surface area contributed by atoms with Crippen LogP contribution in [-0.4, -0.2) is 38.0 Å². The van der Waals surface area contributed by atoms with Crippen LogP contribution in [0, 0.1) is 0 Å². The van der Waals surface area contributed by atoms with Crippen molar-refractivity contribution in [2.24, 2.45) is 5.14 Å². The molecule has 5 nitrogen and oxygen atoms in total. The summed E-state index contributed by atoms with van der Waals surface area (Å²) < 4.78 is 28.4. The van der Waals surface area contributed by atoms with Crippen molar-refractivity contribution in [3.05, 3.63) is 0 Å². The number of ether oxygens (including phenoxy) is 1. The predicted molar refractivity (Wildman–Crippen MR) is 44.7 cm³/mol. The molecule has 12 heavy (non-hydrogen) atoms. The molecule has 6 heteroatoms. The van der Waals surface area contributed by atoms with Gasteiger partial charge in [0, 0.05) is 13.1 Å². The van der Waals surface area contributed by atoms with Gasteiger partial charge in [-0.25, -0.2) is 5.14 Å². The molecule has 0 aromatic heterocycles. The van der Waals surface area contributed by atoms with Crippen LogP contribution in [0.5, 0.6) is 0 Å². The first-order chi connectivity index (χ1) is 5.31. The molecule has 0 aromatic carbocycles. The number of nitrogens with zero attached hydrogens (tertiary/aromatic N) is 1. The topological polar surface area (TPSA) is 72.6 Å². The second kappa shape index (κ2) is 2.95. The van der Waals surface area contributed by atoms with E-state index in [1.165, 1.54) is 4.31 Å². The van der Waals surface area contributed by atoms with Crippen LogP contribution in [0.2, 0.25) is 0 Å². The van der Waals surface area contributed by atoms with E-state index in [9.17, 15) is 8.42 Å². The fraction of sp³-hybridized carbons (Fsp3) is 1.00. The average molecular weight is 194 g/mol. The molecule has 0 aromatic rings. The molecule has 72 valence electrons. The van der Waals surface area contributed by atoms with E-state index < -0.39 is 15.8 Å². The second-order valence-electron chi connectivity index (χ2n) is 3.49. The Morgan fingerprint density at radius 2 is 2.08 bits per heavy atom. The zero-order valence-electron chi connectivity index (χ0n) is 7.28. The van der Waals surface area contributed by atoms with E-state index in [1.54, 1.807) is 0 Å². The summed E-state index contributed by atoms with van der Waals surface area (Å²) in [5.41, 5.74) is -0.426. The molecule has 1 fully saturated rings. The summed E-state index contributed by atoms with van der Waals surface area (Å²) in [5.74, 6) is 0. The van der Waals surface area contributed by atoms with Crippen molar-refractivity contribution in [1.82, 2.24) is 4.31 Å². The Bertz CT molecular complexity index is 260. The van der Waals surface area contributed by atoms with Crippen LogP contribution in [0.1, 0.15) is 13.8 Å². The predicted octanol–water partition coefficient (Wildman–Crippen LogP) is -0.699. The first-order valence-electron chi connectivity index (χ1n) is 3.73. The van der Waals surface area contributed by atoms with Crippen LogP contribution in [0.25, 0.3) is 0 Å². The minimum absolute atomic E-state index is 0.325. The molecule has 1 rings (SSSR count). The first kappa shape index (κ1) is 9.91. The van der Waals surface area contributed by atoms with Gasteiger partial charge in [-0.05, 0) is 13.8 Å². The quantitative estimate of drug-likeness (QED) is 0.600. The highest BCUT2D eigenvalue weighted by Gasteiger charge is 2.31. The lowest BCUT2D eigenvalue weighted by atomic mass is 10.1. The van der Waals surface area contributed by atoms with Gasteiger partial charge in [-0.2, -0.15) is 12.7 Å². The first-order valence-corrected chi connectivity index (χ1v) is 5.23. The molecule has 0 spiro atoms. The molecular formula is C6H14N2O3S. The molecule has 1 saturated heterocycles. The van der Waals surface area contributed by atoms with Crippen LogP contribution in [0.3, 0.4) is 0 Å². The maximum absolute atomic E-state index is 10.9. The van der Waals surface area contributed by atoms with Gasteiger partial charge in [-0.1, -0.05) is 0 Å². The molecule has 0 radical (unpaired) electrons. The van der Waals surface area contributed by atoms with Gasteiger partial charge in [0.25, 0.3) is 10.2 Å². The highest BCUT2D eigenvalue weighted by molar-refractivity contribution is 7.86. The average Bonchev–Trinajstić information content (AvgIpc) is 1.83. The molecule has 0 unspecified atom stereocenters. The van der Waals surface area contributed by atoms with Crippen molar-refractivity contribution >= 4 is 10.2 Å². The van der Waals surface area contributed by atoms with Gasteiger partial charge in [0.2, 0.25) is 0 Å². The summed E-state index contributed by atoms with van der Waals surface area (Å²) in [4.78, 5) is 0. The Morgan fingerprint density at radius 1 is 1.50 bits per heavy atom. The largest absolute Gasteiger partial charge is 0.373 e. The number of hydrogen-bond acceptors (Lipinski definition) is 3. The fourth-order valence-electron chi connectivity index (χ4n) is 1.19. The van der Waals surface area contributed by atoms with E-state index in [-0.39, 0.29) is 0 Å². The third-order valence-electron chi connectivity index (χ3n) is 1.75. The third kappa shape index (κ3) is 2.41. The van der Waals surface area contributed by atoms with Crippen molar-refractivity contribution in [2.45, 2.75) is 19.4 Å². The van der Waals surface area contributed by atoms with Gasteiger partial charge >= 0.3 is 0 Å². The van der Waals surface area contributed by atoms with Crippen LogP contribution < -0.4 is 5.14 Å². The summed E-state index contributed by atoms with van der Waals surface area (Å²) in [6.45, 7) is 4.76. The zero-order valence-corrected chi connectivity index (χ0v) is 8.10. The van der Waals surface area contributed by atoms with Crippen LogP contribution in [-0.2, 0) is 14.9 Å². The van der Waals surface area contributed by atoms with E-state index in [4.69, 9.17) is 9.88 Å². The van der Waals surface area contributed by atoms with Crippen LogP contribution in [0.4, 0.5) is 0 Å². The summed E-state index contributed by atoms with van der Waals surface area (Å²) >= 11 is 0. The van der Waals surface area contributed by atoms with E-state index in [0.29, 0.717) is 19.7 Å². The van der Waals surface area contributed by atoms with Crippen molar-refractivity contribution < 1.29 is 13.2 Å². The molecule has 0 amide bonds. The SMILES string of the molecule is CC1(C)CN(S(N)(=O)=O)CCO1. The highest BCUT2D eigenvalue weighted by Crippen LogP contribution is 2.17. The standard InChI is InChI=1S/C6H14N2O3S/c1-6(2)5-8(3-4-11-6)12(7,9)10/h3-5H2,1-2H3,(H2,7,9,10). The van der Waals surface area contributed by atoms with Crippen molar-refractivity contribution in [3.63, 3.8) is 0 Å². The molecule has 0 bridgehead atoms. The van der Waals surface area contributed by atoms with Crippen molar-refractivity contribution in [2.75, 3.05) is 19.7 Å². The molecule has 1 aliphatic heterocycles. The van der Waals surface area contributed by atoms with Gasteiger partial charge in [-0.15, -0.1) is 0 Å². The molecule has 0 aliphatic carbocycles. The highest BCUT2D eigenvalue weighted by atomic mass is 32.2. The van der Waals surface area contributed by atoms with Gasteiger partial charge in [-0.3, -0.25) is 0 Å². The zero-order chi connectivity index (χ0) is 9.41. The van der Waals surface area contributed by atoms with E-state index in [1.807, 2.05) is 13.8 Å². The van der Waals surface area contributed by atoms with Gasteiger partial charge in [0.1, 0.15) is 0 Å². The Labute approximate surface area is 72.7 Å². The number of morpholine rings is 1. The molecule has 0 saturated carbocycles. The lowest BCUT2D eigenvalue weighted by Crippen LogP contribution is -2.52. The van der Waals surface area contributed by atoms with Crippen molar-refractivity contribution in [1.29, 1.82) is 0 Å². The fourth-order valence-corrected chi connectivity index (χ4v) is 2.01. The Kier molecular flexibility index (Phi) is 2.44. The maximum atomic E-state index is 10.9. The smallest absolute Gasteiger partial charge is 0.277 e. The normalized spacial score (nSPS) is 25.6. The monoisotopic (exact) mass is 194 g/mol. The summed E-state index contributed by atoms with van der Waals surface area (Å²) in [5, 5.41) is 4.97. The Morgan fingerprint density at radius 3 is 2.42 bits per heavy atom. The van der Waals surface area contributed by atoms with Crippen LogP contribution >= 0.6 is 0 Å². The molecular weight excluding hydrogens is 180 g/mol. The summed E-state index contributed by atoms with van der Waals surface area (Å²) in [6, 6.07) is 0.